The highest BCUT2D eigenvalue weighted by atomic mass is 35.5. The van der Waals surface area contributed by atoms with Gasteiger partial charge < -0.3 is 10.2 Å². The zero-order chi connectivity index (χ0) is 31.9. The van der Waals surface area contributed by atoms with Crippen molar-refractivity contribution >= 4 is 50.7 Å². The molecule has 0 aliphatic heterocycles. The second-order valence-electron chi connectivity index (χ2n) is 10.3. The molecule has 0 bridgehead atoms. The van der Waals surface area contributed by atoms with Crippen molar-refractivity contribution in [3.05, 3.63) is 129 Å². The number of hydrogen-bond acceptors (Lipinski definition) is 4. The highest BCUT2D eigenvalue weighted by molar-refractivity contribution is 7.92. The van der Waals surface area contributed by atoms with Gasteiger partial charge in [-0.05, 0) is 54.8 Å². The van der Waals surface area contributed by atoms with Crippen molar-refractivity contribution in [3.63, 3.8) is 0 Å². The molecule has 2 amide bonds. The number of sulfonamides is 1. The molecule has 0 heterocycles. The standard InChI is InChI=1S/C34H35Cl2N3O4S/c1-4-26-13-8-9-16-31(26)39(44(42,43)27-19-17-24(2)18-20-27)23-33(40)38(22-28-29(35)14-10-15-30(28)36)32(34(41)37-3)21-25-11-6-5-7-12-25/h5-20,32H,4,21-23H2,1-3H3,(H,37,41). The van der Waals surface area contributed by atoms with Gasteiger partial charge in [0.25, 0.3) is 10.0 Å². The number of likely N-dealkylation sites (N-methyl/N-ethyl adjacent to an activating group) is 1. The SMILES string of the molecule is CCc1ccccc1N(CC(=O)N(Cc1c(Cl)cccc1Cl)C(Cc1ccccc1)C(=O)NC)S(=O)(=O)c1ccc(C)cc1. The van der Waals surface area contributed by atoms with E-state index in [0.717, 1.165) is 21.0 Å². The molecule has 0 aliphatic rings. The molecule has 0 saturated carbocycles. The van der Waals surface area contributed by atoms with Crippen LogP contribution in [0.15, 0.2) is 102 Å². The number of halogens is 2. The fraction of sp³-hybridized carbons (Fsp3) is 0.235. The molecular weight excluding hydrogens is 617 g/mol. The molecule has 4 aromatic rings. The molecule has 0 saturated heterocycles. The molecular formula is C34H35Cl2N3O4S. The molecule has 4 aromatic carbocycles. The molecule has 4 rings (SSSR count). The topological polar surface area (TPSA) is 86.8 Å². The van der Waals surface area contributed by atoms with Gasteiger partial charge in [-0.25, -0.2) is 8.42 Å². The van der Waals surface area contributed by atoms with Crippen LogP contribution in [-0.4, -0.2) is 44.8 Å². The first-order chi connectivity index (χ1) is 21.1. The first kappa shape index (κ1) is 33.1. The van der Waals surface area contributed by atoms with E-state index in [4.69, 9.17) is 23.2 Å². The van der Waals surface area contributed by atoms with Crippen LogP contribution in [-0.2, 0) is 39.0 Å². The fourth-order valence-corrected chi connectivity index (χ4v) is 6.95. The number of benzene rings is 4. The van der Waals surface area contributed by atoms with Crippen LogP contribution in [0.1, 0.15) is 29.2 Å². The van der Waals surface area contributed by atoms with Crippen LogP contribution in [0.4, 0.5) is 5.69 Å². The van der Waals surface area contributed by atoms with Gasteiger partial charge in [-0.15, -0.1) is 0 Å². The summed E-state index contributed by atoms with van der Waals surface area (Å²) >= 11 is 13.1. The molecule has 7 nitrogen and oxygen atoms in total. The van der Waals surface area contributed by atoms with Crippen molar-refractivity contribution in [1.82, 2.24) is 10.2 Å². The Labute approximate surface area is 269 Å². The van der Waals surface area contributed by atoms with E-state index < -0.39 is 34.4 Å². The number of carbonyl (C=O) groups is 2. The van der Waals surface area contributed by atoms with Gasteiger partial charge in [0.1, 0.15) is 12.6 Å². The summed E-state index contributed by atoms with van der Waals surface area (Å²) in [4.78, 5) is 29.3. The molecule has 0 spiro atoms. The predicted molar refractivity (Wildman–Crippen MR) is 177 cm³/mol. The summed E-state index contributed by atoms with van der Waals surface area (Å²) < 4.78 is 29.6. The largest absolute Gasteiger partial charge is 0.357 e. The molecule has 230 valence electrons. The van der Waals surface area contributed by atoms with E-state index in [-0.39, 0.29) is 17.9 Å². The lowest BCUT2D eigenvalue weighted by molar-refractivity contribution is -0.139. The number of anilines is 1. The first-order valence-corrected chi connectivity index (χ1v) is 16.4. The second kappa shape index (κ2) is 14.8. The average molecular weight is 653 g/mol. The monoisotopic (exact) mass is 651 g/mol. The average Bonchev–Trinajstić information content (AvgIpc) is 3.02. The molecule has 0 aliphatic carbocycles. The normalized spacial score (nSPS) is 11.9. The van der Waals surface area contributed by atoms with Crippen LogP contribution in [0.25, 0.3) is 0 Å². The molecule has 1 N–H and O–H groups in total. The fourth-order valence-electron chi connectivity index (χ4n) is 4.98. The zero-order valence-corrected chi connectivity index (χ0v) is 27.2. The minimum atomic E-state index is -4.20. The molecule has 1 unspecified atom stereocenters. The summed E-state index contributed by atoms with van der Waals surface area (Å²) in [6, 6.07) is 26.9. The lowest BCUT2D eigenvalue weighted by atomic mass is 10.0. The van der Waals surface area contributed by atoms with E-state index in [9.17, 15) is 18.0 Å². The number of aryl methyl sites for hydroxylation is 2. The maximum atomic E-state index is 14.5. The number of nitrogens with one attached hydrogen (secondary N) is 1. The molecule has 0 aromatic heterocycles. The van der Waals surface area contributed by atoms with Crippen molar-refractivity contribution in [2.24, 2.45) is 0 Å². The first-order valence-electron chi connectivity index (χ1n) is 14.2. The van der Waals surface area contributed by atoms with Crippen LogP contribution in [0.3, 0.4) is 0 Å². The highest BCUT2D eigenvalue weighted by Gasteiger charge is 2.35. The van der Waals surface area contributed by atoms with Crippen molar-refractivity contribution in [2.45, 2.75) is 44.2 Å². The van der Waals surface area contributed by atoms with Crippen molar-refractivity contribution < 1.29 is 18.0 Å². The minimum Gasteiger partial charge on any atom is -0.357 e. The molecule has 44 heavy (non-hydrogen) atoms. The number of hydrogen-bond donors (Lipinski definition) is 1. The quantitative estimate of drug-likeness (QED) is 0.191. The highest BCUT2D eigenvalue weighted by Crippen LogP contribution is 2.30. The van der Waals surface area contributed by atoms with Gasteiger partial charge in [0.15, 0.2) is 0 Å². The maximum absolute atomic E-state index is 14.5. The Balaban J connectivity index is 1.85. The second-order valence-corrected chi connectivity index (χ2v) is 13.0. The predicted octanol–water partition coefficient (Wildman–Crippen LogP) is 6.45. The van der Waals surface area contributed by atoms with E-state index >= 15 is 0 Å². The lowest BCUT2D eigenvalue weighted by Crippen LogP contribution is -2.53. The number of para-hydroxylation sites is 1. The van der Waals surface area contributed by atoms with Crippen molar-refractivity contribution in [1.29, 1.82) is 0 Å². The van der Waals surface area contributed by atoms with Crippen molar-refractivity contribution in [3.8, 4) is 0 Å². The third-order valence-electron chi connectivity index (χ3n) is 7.44. The Morgan fingerprint density at radius 3 is 2.07 bits per heavy atom. The van der Waals surface area contributed by atoms with E-state index in [1.807, 2.05) is 56.3 Å². The summed E-state index contributed by atoms with van der Waals surface area (Å²) in [6.07, 6.45) is 0.725. The van der Waals surface area contributed by atoms with Gasteiger partial charge in [-0.1, -0.05) is 102 Å². The smallest absolute Gasteiger partial charge is 0.264 e. The van der Waals surface area contributed by atoms with Gasteiger partial charge >= 0.3 is 0 Å². The van der Waals surface area contributed by atoms with E-state index in [1.165, 1.54) is 24.1 Å². The number of rotatable bonds is 12. The van der Waals surface area contributed by atoms with E-state index in [2.05, 4.69) is 5.32 Å². The summed E-state index contributed by atoms with van der Waals surface area (Å²) in [5.74, 6) is -1.00. The Bertz CT molecular complexity index is 1690. The van der Waals surface area contributed by atoms with Crippen molar-refractivity contribution in [2.75, 3.05) is 17.9 Å². The van der Waals surface area contributed by atoms with Gasteiger partial charge in [0.05, 0.1) is 10.6 Å². The van der Waals surface area contributed by atoms with Crippen LogP contribution >= 0.6 is 23.2 Å². The number of nitrogens with zero attached hydrogens (tertiary/aromatic N) is 2. The molecule has 0 radical (unpaired) electrons. The number of amides is 2. The molecule has 1 atom stereocenters. The summed E-state index contributed by atoms with van der Waals surface area (Å²) in [6.45, 7) is 3.12. The van der Waals surface area contributed by atoms with Crippen LogP contribution in [0, 0.1) is 6.92 Å². The minimum absolute atomic E-state index is 0.0506. The Morgan fingerprint density at radius 2 is 1.45 bits per heavy atom. The van der Waals surface area contributed by atoms with Gasteiger partial charge in [0.2, 0.25) is 11.8 Å². The van der Waals surface area contributed by atoms with Crippen LogP contribution in [0.2, 0.25) is 10.0 Å². The molecule has 10 heteroatoms. The summed E-state index contributed by atoms with van der Waals surface area (Å²) in [5, 5.41) is 3.32. The van der Waals surface area contributed by atoms with Crippen LogP contribution in [0.5, 0.6) is 0 Å². The molecule has 0 fully saturated rings. The third kappa shape index (κ3) is 7.62. The number of carbonyl (C=O) groups excluding carboxylic acids is 2. The lowest BCUT2D eigenvalue weighted by Gasteiger charge is -2.34. The zero-order valence-electron chi connectivity index (χ0n) is 24.8. The Hall–Kier alpha value is -3.85. The Morgan fingerprint density at radius 1 is 0.841 bits per heavy atom. The summed E-state index contributed by atoms with van der Waals surface area (Å²) in [7, 11) is -2.70. The van der Waals surface area contributed by atoms with Crippen LogP contribution < -0.4 is 9.62 Å². The van der Waals surface area contributed by atoms with E-state index in [0.29, 0.717) is 27.7 Å². The third-order valence-corrected chi connectivity index (χ3v) is 9.92. The van der Waals surface area contributed by atoms with Gasteiger partial charge in [-0.2, -0.15) is 0 Å². The van der Waals surface area contributed by atoms with Gasteiger partial charge in [-0.3, -0.25) is 13.9 Å². The van der Waals surface area contributed by atoms with E-state index in [1.54, 1.807) is 42.5 Å². The summed E-state index contributed by atoms with van der Waals surface area (Å²) in [5.41, 5.74) is 3.32. The maximum Gasteiger partial charge on any atom is 0.264 e. The Kier molecular flexibility index (Phi) is 11.1. The van der Waals surface area contributed by atoms with Gasteiger partial charge in [0, 0.05) is 35.6 Å².